The number of nitrogens with zero attached hydrogens (tertiary/aromatic N) is 1. The molecule has 6 heteroatoms. The van der Waals surface area contributed by atoms with Gasteiger partial charge in [-0.05, 0) is 41.0 Å². The van der Waals surface area contributed by atoms with E-state index >= 15 is 0 Å². The van der Waals surface area contributed by atoms with Crippen molar-refractivity contribution in [3.05, 3.63) is 0 Å². The van der Waals surface area contributed by atoms with Gasteiger partial charge in [-0.15, -0.1) is 0 Å². The highest BCUT2D eigenvalue weighted by molar-refractivity contribution is 5.89. The van der Waals surface area contributed by atoms with Crippen LogP contribution >= 0.6 is 0 Å². The maximum atomic E-state index is 12.6. The third kappa shape index (κ3) is 5.53. The van der Waals surface area contributed by atoms with Crippen molar-refractivity contribution in [3.8, 4) is 0 Å². The van der Waals surface area contributed by atoms with Gasteiger partial charge in [0.05, 0.1) is 0 Å². The second-order valence-corrected chi connectivity index (χ2v) is 7.06. The highest BCUT2D eigenvalue weighted by Crippen LogP contribution is 2.14. The Morgan fingerprint density at radius 2 is 1.90 bits per heavy atom. The summed E-state index contributed by atoms with van der Waals surface area (Å²) in [4.78, 5) is 26.3. The lowest BCUT2D eigenvalue weighted by atomic mass is 10.0. The van der Waals surface area contributed by atoms with Crippen molar-refractivity contribution in [2.24, 2.45) is 0 Å². The van der Waals surface area contributed by atoms with E-state index in [1.165, 1.54) is 0 Å². The van der Waals surface area contributed by atoms with E-state index in [1.807, 2.05) is 4.90 Å². The van der Waals surface area contributed by atoms with Crippen LogP contribution in [0.25, 0.3) is 0 Å². The smallest absolute Gasteiger partial charge is 0.408 e. The summed E-state index contributed by atoms with van der Waals surface area (Å²) >= 11 is 0. The normalized spacial score (nSPS) is 20.1. The molecule has 1 aliphatic rings. The molecule has 0 aromatic rings. The summed E-state index contributed by atoms with van der Waals surface area (Å²) in [7, 11) is 0. The Balaban J connectivity index is 2.64. The zero-order valence-electron chi connectivity index (χ0n) is 14.1. The molecule has 1 heterocycles. The van der Waals surface area contributed by atoms with Crippen LogP contribution < -0.4 is 10.6 Å². The van der Waals surface area contributed by atoms with Crippen molar-refractivity contribution >= 4 is 12.0 Å². The van der Waals surface area contributed by atoms with Gasteiger partial charge in [0, 0.05) is 25.7 Å². The molecule has 0 spiro atoms. The van der Waals surface area contributed by atoms with Crippen molar-refractivity contribution in [2.75, 3.05) is 19.6 Å². The molecule has 122 valence electrons. The average molecular weight is 299 g/mol. The van der Waals surface area contributed by atoms with E-state index in [2.05, 4.69) is 17.6 Å². The van der Waals surface area contributed by atoms with E-state index in [0.29, 0.717) is 19.1 Å². The zero-order chi connectivity index (χ0) is 16.3. The Morgan fingerprint density at radius 1 is 1.29 bits per heavy atom. The standard InChI is InChI=1S/C15H29N3O3/c1-7-11-10-18(9-8-16-11)12(19)15(5,6)17-13(20)21-14(2,3)4/h11,16H,7-10H2,1-6H3,(H,17,20)/t11-/m1/s1. The van der Waals surface area contributed by atoms with Crippen LogP contribution in [0.1, 0.15) is 48.0 Å². The van der Waals surface area contributed by atoms with E-state index in [1.54, 1.807) is 34.6 Å². The van der Waals surface area contributed by atoms with Gasteiger partial charge in [-0.1, -0.05) is 6.92 Å². The molecule has 0 radical (unpaired) electrons. The first-order chi connectivity index (χ1) is 9.55. The Morgan fingerprint density at radius 3 is 2.43 bits per heavy atom. The second-order valence-electron chi connectivity index (χ2n) is 7.06. The number of hydrogen-bond acceptors (Lipinski definition) is 4. The predicted octanol–water partition coefficient (Wildman–Crippen LogP) is 1.50. The van der Waals surface area contributed by atoms with Crippen LogP contribution in [0, 0.1) is 0 Å². The van der Waals surface area contributed by atoms with Gasteiger partial charge >= 0.3 is 6.09 Å². The molecule has 0 unspecified atom stereocenters. The van der Waals surface area contributed by atoms with Crippen molar-refractivity contribution in [1.82, 2.24) is 15.5 Å². The van der Waals surface area contributed by atoms with Gasteiger partial charge < -0.3 is 20.3 Å². The van der Waals surface area contributed by atoms with Crippen LogP contribution in [0.15, 0.2) is 0 Å². The van der Waals surface area contributed by atoms with Crippen molar-refractivity contribution in [2.45, 2.75) is 65.1 Å². The van der Waals surface area contributed by atoms with Crippen LogP contribution in [0.5, 0.6) is 0 Å². The quantitative estimate of drug-likeness (QED) is 0.828. The number of hydrogen-bond donors (Lipinski definition) is 2. The number of carbonyl (C=O) groups is 2. The highest BCUT2D eigenvalue weighted by Gasteiger charge is 2.36. The van der Waals surface area contributed by atoms with Gasteiger partial charge in [-0.25, -0.2) is 4.79 Å². The molecule has 2 N–H and O–H groups in total. The molecule has 0 bridgehead atoms. The molecule has 1 fully saturated rings. The van der Waals surface area contributed by atoms with Crippen LogP contribution in [0.4, 0.5) is 4.79 Å². The molecule has 0 saturated carbocycles. The summed E-state index contributed by atoms with van der Waals surface area (Å²) in [5, 5.41) is 6.04. The van der Waals surface area contributed by atoms with E-state index in [9.17, 15) is 9.59 Å². The summed E-state index contributed by atoms with van der Waals surface area (Å²) < 4.78 is 5.22. The average Bonchev–Trinajstić information content (AvgIpc) is 2.34. The molecule has 6 nitrogen and oxygen atoms in total. The third-order valence-electron chi connectivity index (χ3n) is 3.38. The number of alkyl carbamates (subject to hydrolysis) is 1. The SMILES string of the molecule is CC[C@@H]1CN(C(=O)C(C)(C)NC(=O)OC(C)(C)C)CCN1. The first-order valence-electron chi connectivity index (χ1n) is 7.59. The summed E-state index contributed by atoms with van der Waals surface area (Å²) in [6.45, 7) is 13.0. The summed E-state index contributed by atoms with van der Waals surface area (Å²) in [5.74, 6) is -0.0756. The lowest BCUT2D eigenvalue weighted by molar-refractivity contribution is -0.138. The number of ether oxygens (including phenoxy) is 1. The minimum absolute atomic E-state index is 0.0756. The minimum atomic E-state index is -0.974. The fourth-order valence-electron chi connectivity index (χ4n) is 2.29. The monoisotopic (exact) mass is 299 g/mol. The lowest BCUT2D eigenvalue weighted by Gasteiger charge is -2.38. The molecule has 0 aromatic carbocycles. The first-order valence-corrected chi connectivity index (χ1v) is 7.59. The molecule has 0 aliphatic carbocycles. The van der Waals surface area contributed by atoms with Gasteiger partial charge in [-0.3, -0.25) is 4.79 Å². The number of nitrogens with one attached hydrogen (secondary N) is 2. The number of rotatable bonds is 3. The molecule has 2 amide bonds. The second kappa shape index (κ2) is 6.64. The maximum absolute atomic E-state index is 12.6. The van der Waals surface area contributed by atoms with E-state index in [4.69, 9.17) is 4.74 Å². The highest BCUT2D eigenvalue weighted by atomic mass is 16.6. The number of carbonyl (C=O) groups excluding carboxylic acids is 2. The van der Waals surface area contributed by atoms with Gasteiger partial charge in [0.25, 0.3) is 0 Å². The molecule has 1 atom stereocenters. The predicted molar refractivity (Wildman–Crippen MR) is 82.1 cm³/mol. The molecular weight excluding hydrogens is 270 g/mol. The van der Waals surface area contributed by atoms with Crippen molar-refractivity contribution in [1.29, 1.82) is 0 Å². The van der Waals surface area contributed by atoms with Crippen molar-refractivity contribution in [3.63, 3.8) is 0 Å². The number of piperazine rings is 1. The molecule has 1 saturated heterocycles. The van der Waals surface area contributed by atoms with Gasteiger partial charge in [0.15, 0.2) is 0 Å². The Kier molecular flexibility index (Phi) is 5.61. The molecule has 1 aliphatic heterocycles. The molecule has 0 aromatic heterocycles. The maximum Gasteiger partial charge on any atom is 0.408 e. The first kappa shape index (κ1) is 17.8. The Bertz CT molecular complexity index is 388. The molecular formula is C15H29N3O3. The van der Waals surface area contributed by atoms with E-state index in [0.717, 1.165) is 13.0 Å². The third-order valence-corrected chi connectivity index (χ3v) is 3.38. The minimum Gasteiger partial charge on any atom is -0.444 e. The largest absolute Gasteiger partial charge is 0.444 e. The Hall–Kier alpha value is -1.30. The van der Waals surface area contributed by atoms with E-state index in [-0.39, 0.29) is 5.91 Å². The summed E-state index contributed by atoms with van der Waals surface area (Å²) in [5.41, 5.74) is -1.55. The van der Waals surface area contributed by atoms with Gasteiger partial charge in [-0.2, -0.15) is 0 Å². The topological polar surface area (TPSA) is 70.7 Å². The zero-order valence-corrected chi connectivity index (χ0v) is 14.1. The van der Waals surface area contributed by atoms with Gasteiger partial charge in [0.1, 0.15) is 11.1 Å². The van der Waals surface area contributed by atoms with Crippen LogP contribution in [-0.4, -0.2) is 53.7 Å². The van der Waals surface area contributed by atoms with Crippen molar-refractivity contribution < 1.29 is 14.3 Å². The van der Waals surface area contributed by atoms with E-state index < -0.39 is 17.2 Å². The lowest BCUT2D eigenvalue weighted by Crippen LogP contribution is -2.61. The fourth-order valence-corrected chi connectivity index (χ4v) is 2.29. The molecule has 1 rings (SSSR count). The fraction of sp³-hybridized carbons (Fsp3) is 0.867. The summed E-state index contributed by atoms with van der Waals surface area (Å²) in [6, 6.07) is 0.319. The van der Waals surface area contributed by atoms with Crippen LogP contribution in [0.3, 0.4) is 0 Å². The van der Waals surface area contributed by atoms with Crippen LogP contribution in [0.2, 0.25) is 0 Å². The summed E-state index contributed by atoms with van der Waals surface area (Å²) in [6.07, 6.45) is 0.409. The van der Waals surface area contributed by atoms with Crippen LogP contribution in [-0.2, 0) is 9.53 Å². The Labute approximate surface area is 127 Å². The molecule has 21 heavy (non-hydrogen) atoms. The number of amides is 2. The van der Waals surface area contributed by atoms with Gasteiger partial charge in [0.2, 0.25) is 5.91 Å².